The van der Waals surface area contributed by atoms with E-state index in [0.717, 1.165) is 55.9 Å². The van der Waals surface area contributed by atoms with Gasteiger partial charge in [0.1, 0.15) is 22.3 Å². The summed E-state index contributed by atoms with van der Waals surface area (Å²) < 4.78 is 13.0. The monoisotopic (exact) mass is 578 g/mol. The van der Waals surface area contributed by atoms with Crippen LogP contribution in [-0.2, 0) is 6.42 Å². The molecule has 1 aliphatic carbocycles. The normalized spacial score (nSPS) is 13.2. The van der Waals surface area contributed by atoms with Crippen molar-refractivity contribution in [3.8, 4) is 22.3 Å². The number of para-hydroxylation sites is 1. The molecule has 0 amide bonds. The first-order valence-corrected chi connectivity index (χ1v) is 15.6. The largest absolute Gasteiger partial charge is 0.456 e. The number of furan rings is 2. The predicted octanol–water partition coefficient (Wildman–Crippen LogP) is 12.4. The minimum absolute atomic E-state index is 0.843. The van der Waals surface area contributed by atoms with Crippen LogP contribution in [0, 0.1) is 6.92 Å². The Kier molecular flexibility index (Phi) is 5.73. The van der Waals surface area contributed by atoms with Crippen molar-refractivity contribution < 1.29 is 8.83 Å². The van der Waals surface area contributed by atoms with Crippen LogP contribution in [0.4, 0.5) is 0 Å². The fraction of sp³-hybridized carbons (Fsp3) is 0.0698. The molecule has 0 aliphatic heterocycles. The van der Waals surface area contributed by atoms with Crippen LogP contribution >= 0.6 is 0 Å². The number of allylic oxidation sites excluding steroid dienone is 4. The Balaban J connectivity index is 1.33. The van der Waals surface area contributed by atoms with E-state index >= 15 is 0 Å². The second-order valence-corrected chi connectivity index (χ2v) is 11.9. The highest BCUT2D eigenvalue weighted by Crippen LogP contribution is 2.46. The average Bonchev–Trinajstić information content (AvgIpc) is 3.53. The summed E-state index contributed by atoms with van der Waals surface area (Å²) in [5, 5.41) is 6.85. The van der Waals surface area contributed by atoms with E-state index in [4.69, 9.17) is 8.83 Å². The van der Waals surface area contributed by atoms with Crippen molar-refractivity contribution >= 4 is 66.8 Å². The molecule has 0 N–H and O–H groups in total. The molecule has 0 spiro atoms. The third-order valence-electron chi connectivity index (χ3n) is 9.45. The molecule has 0 radical (unpaired) electrons. The molecule has 0 atom stereocenters. The zero-order chi connectivity index (χ0) is 30.1. The lowest BCUT2D eigenvalue weighted by atomic mass is 9.81. The molecule has 1 aliphatic rings. The zero-order valence-electron chi connectivity index (χ0n) is 25.2. The smallest absolute Gasteiger partial charge is 0.147 e. The van der Waals surface area contributed by atoms with Gasteiger partial charge in [-0.1, -0.05) is 103 Å². The second-order valence-electron chi connectivity index (χ2n) is 11.9. The Morgan fingerprint density at radius 2 is 1.44 bits per heavy atom. The van der Waals surface area contributed by atoms with Gasteiger partial charge in [-0.25, -0.2) is 0 Å². The van der Waals surface area contributed by atoms with Gasteiger partial charge >= 0.3 is 0 Å². The van der Waals surface area contributed by atoms with E-state index in [1.807, 2.05) is 12.1 Å². The van der Waals surface area contributed by atoms with Gasteiger partial charge in [0, 0.05) is 16.2 Å². The number of hydrogen-bond donors (Lipinski definition) is 0. The van der Waals surface area contributed by atoms with Crippen molar-refractivity contribution in [2.75, 3.05) is 0 Å². The maximum atomic E-state index is 6.55. The number of rotatable bonds is 3. The Bertz CT molecular complexity index is 2580. The van der Waals surface area contributed by atoms with E-state index in [9.17, 15) is 0 Å². The molecule has 0 fully saturated rings. The van der Waals surface area contributed by atoms with Gasteiger partial charge < -0.3 is 8.83 Å². The molecular formula is C43H30O2. The number of fused-ring (bicyclic) bond motifs is 9. The van der Waals surface area contributed by atoms with Gasteiger partial charge in [-0.3, -0.25) is 0 Å². The summed E-state index contributed by atoms with van der Waals surface area (Å²) in [4.78, 5) is 0. The van der Waals surface area contributed by atoms with Gasteiger partial charge in [-0.15, -0.1) is 0 Å². The van der Waals surface area contributed by atoms with Crippen molar-refractivity contribution in [3.05, 3.63) is 144 Å². The van der Waals surface area contributed by atoms with Crippen molar-refractivity contribution in [1.29, 1.82) is 0 Å². The van der Waals surface area contributed by atoms with Gasteiger partial charge in [-0.05, 0) is 106 Å². The standard InChI is InChI=1S/C43H30O2/c1-3-12-27-13-11-19-29(26(27)2)41-33-16-6-4-5-15-31(33)40(32-17-7-8-18-34(32)41)28-21-22-36-39(25-28)44-38-24-23-35-30-14-9-10-20-37(30)45-43(35)42(36)38/h3-14,16-25H,15H2,1-2H3/b12-3-. The molecule has 9 rings (SSSR count). The molecule has 0 saturated heterocycles. The molecule has 45 heavy (non-hydrogen) atoms. The van der Waals surface area contributed by atoms with Crippen LogP contribution in [0.1, 0.15) is 29.2 Å². The molecular weight excluding hydrogens is 548 g/mol. The van der Waals surface area contributed by atoms with E-state index in [-0.39, 0.29) is 0 Å². The maximum Gasteiger partial charge on any atom is 0.147 e. The summed E-state index contributed by atoms with van der Waals surface area (Å²) in [7, 11) is 0. The van der Waals surface area contributed by atoms with Crippen LogP contribution in [0.3, 0.4) is 0 Å². The summed E-state index contributed by atoms with van der Waals surface area (Å²) in [5.74, 6) is 0. The predicted molar refractivity (Wildman–Crippen MR) is 191 cm³/mol. The highest BCUT2D eigenvalue weighted by Gasteiger charge is 2.23. The summed E-state index contributed by atoms with van der Waals surface area (Å²) in [6.07, 6.45) is 14.1. The first-order chi connectivity index (χ1) is 22.2. The molecule has 0 bridgehead atoms. The third-order valence-corrected chi connectivity index (χ3v) is 9.45. The fourth-order valence-corrected chi connectivity index (χ4v) is 7.43. The molecule has 0 unspecified atom stereocenters. The molecule has 8 aromatic rings. The summed E-state index contributed by atoms with van der Waals surface area (Å²) in [6.45, 7) is 4.32. The summed E-state index contributed by atoms with van der Waals surface area (Å²) in [6, 6.07) is 34.7. The quantitative estimate of drug-likeness (QED) is 0.208. The third kappa shape index (κ3) is 3.82. The Morgan fingerprint density at radius 3 is 2.31 bits per heavy atom. The first-order valence-electron chi connectivity index (χ1n) is 15.6. The lowest BCUT2D eigenvalue weighted by molar-refractivity contribution is 0.663. The molecule has 2 aromatic heterocycles. The van der Waals surface area contributed by atoms with Crippen molar-refractivity contribution in [2.24, 2.45) is 0 Å². The van der Waals surface area contributed by atoms with E-state index in [1.165, 1.54) is 49.7 Å². The van der Waals surface area contributed by atoms with Gasteiger partial charge in [0.05, 0.1) is 5.39 Å². The first kappa shape index (κ1) is 25.9. The Labute approximate surface area is 261 Å². The molecule has 2 heteroatoms. The van der Waals surface area contributed by atoms with Gasteiger partial charge in [0.15, 0.2) is 0 Å². The lowest BCUT2D eigenvalue weighted by Crippen LogP contribution is -2.00. The Morgan fingerprint density at radius 1 is 0.644 bits per heavy atom. The van der Waals surface area contributed by atoms with Crippen LogP contribution in [-0.4, -0.2) is 0 Å². The van der Waals surface area contributed by atoms with Crippen LogP contribution in [0.15, 0.2) is 130 Å². The van der Waals surface area contributed by atoms with E-state index in [0.29, 0.717) is 0 Å². The van der Waals surface area contributed by atoms with E-state index in [1.54, 1.807) is 0 Å². The minimum atomic E-state index is 0.843. The van der Waals surface area contributed by atoms with Gasteiger partial charge in [0.2, 0.25) is 0 Å². The molecule has 2 nitrogen and oxygen atoms in total. The Hall–Kier alpha value is -5.60. The van der Waals surface area contributed by atoms with E-state index < -0.39 is 0 Å². The molecule has 0 saturated carbocycles. The molecule has 214 valence electrons. The minimum Gasteiger partial charge on any atom is -0.456 e. The van der Waals surface area contributed by atoms with Gasteiger partial charge in [0.25, 0.3) is 0 Å². The summed E-state index contributed by atoms with van der Waals surface area (Å²) >= 11 is 0. The highest BCUT2D eigenvalue weighted by molar-refractivity contribution is 6.22. The van der Waals surface area contributed by atoms with Crippen molar-refractivity contribution in [2.45, 2.75) is 20.3 Å². The van der Waals surface area contributed by atoms with Gasteiger partial charge in [-0.2, -0.15) is 0 Å². The fourth-order valence-electron chi connectivity index (χ4n) is 7.43. The second kappa shape index (κ2) is 9.97. The van der Waals surface area contributed by atoms with Crippen molar-refractivity contribution in [1.82, 2.24) is 0 Å². The SMILES string of the molecule is C/C=C\c1cccc(-c2c3c(c(-c4ccc5c(c4)oc4ccc6c7ccccc7oc6c45)c4ccccc24)CC=CC=C3)c1C. The average molecular weight is 579 g/mol. The summed E-state index contributed by atoms with van der Waals surface area (Å²) in [5.41, 5.74) is 13.6. The van der Waals surface area contributed by atoms with Crippen LogP contribution in [0.2, 0.25) is 0 Å². The highest BCUT2D eigenvalue weighted by atomic mass is 16.3. The van der Waals surface area contributed by atoms with Crippen LogP contribution < -0.4 is 0 Å². The lowest BCUT2D eigenvalue weighted by Gasteiger charge is -2.22. The van der Waals surface area contributed by atoms with Crippen molar-refractivity contribution in [3.63, 3.8) is 0 Å². The number of benzene rings is 6. The van der Waals surface area contributed by atoms with E-state index in [2.05, 4.69) is 135 Å². The molecule has 2 heterocycles. The zero-order valence-corrected chi connectivity index (χ0v) is 25.2. The van der Waals surface area contributed by atoms with Crippen LogP contribution in [0.5, 0.6) is 0 Å². The van der Waals surface area contributed by atoms with Crippen LogP contribution in [0.25, 0.3) is 89.1 Å². The molecule has 6 aromatic carbocycles. The number of hydrogen-bond acceptors (Lipinski definition) is 2. The maximum absolute atomic E-state index is 6.55. The topological polar surface area (TPSA) is 26.3 Å².